The molecule has 3 aromatic rings. The molecular formula is C25H33N3O4. The first-order valence-electron chi connectivity index (χ1n) is 11.0. The van der Waals surface area contributed by atoms with Gasteiger partial charge >= 0.3 is 0 Å². The smallest absolute Gasteiger partial charge is 0.203 e. The summed E-state index contributed by atoms with van der Waals surface area (Å²) in [4.78, 5) is 4.67. The Labute approximate surface area is 190 Å². The topological polar surface area (TPSA) is 77.8 Å². The second kappa shape index (κ2) is 10.8. The number of ether oxygens (including phenoxy) is 3. The van der Waals surface area contributed by atoms with E-state index in [9.17, 15) is 5.11 Å². The highest BCUT2D eigenvalue weighted by Gasteiger charge is 2.16. The number of nitrogens with zero attached hydrogens (tertiary/aromatic N) is 2. The molecule has 1 aromatic heterocycles. The summed E-state index contributed by atoms with van der Waals surface area (Å²) in [6, 6.07) is 11.7. The molecule has 0 aliphatic carbocycles. The fourth-order valence-corrected chi connectivity index (χ4v) is 3.49. The van der Waals surface area contributed by atoms with Crippen LogP contribution in [0.3, 0.4) is 0 Å². The van der Waals surface area contributed by atoms with Gasteiger partial charge in [0.1, 0.15) is 5.75 Å². The summed E-state index contributed by atoms with van der Waals surface area (Å²) in [5.74, 6) is 2.89. The summed E-state index contributed by atoms with van der Waals surface area (Å²) < 4.78 is 18.3. The fraction of sp³-hybridized carbons (Fsp3) is 0.400. The Morgan fingerprint density at radius 1 is 1.06 bits per heavy atom. The molecule has 0 saturated carbocycles. The number of hydrogen-bond acceptors (Lipinski definition) is 6. The van der Waals surface area contributed by atoms with Gasteiger partial charge in [-0.25, -0.2) is 4.98 Å². The molecule has 1 unspecified atom stereocenters. The molecule has 0 amide bonds. The lowest BCUT2D eigenvalue weighted by atomic mass is 10.1. The van der Waals surface area contributed by atoms with Gasteiger partial charge in [0.05, 0.1) is 32.7 Å². The number of methoxy groups -OCH3 is 2. The van der Waals surface area contributed by atoms with Crippen molar-refractivity contribution in [1.82, 2.24) is 9.55 Å². The summed E-state index contributed by atoms with van der Waals surface area (Å²) in [5.41, 5.74) is 3.05. The van der Waals surface area contributed by atoms with Crippen molar-refractivity contribution in [2.24, 2.45) is 5.92 Å². The zero-order valence-electron chi connectivity index (χ0n) is 19.5. The second-order valence-electron chi connectivity index (χ2n) is 7.75. The van der Waals surface area contributed by atoms with Gasteiger partial charge in [0.25, 0.3) is 0 Å². The van der Waals surface area contributed by atoms with Crippen molar-refractivity contribution >= 4 is 5.95 Å². The third kappa shape index (κ3) is 5.28. The highest BCUT2D eigenvalue weighted by Crippen LogP contribution is 2.37. The molecule has 1 heterocycles. The predicted octanol–water partition coefficient (Wildman–Crippen LogP) is 5.33. The van der Waals surface area contributed by atoms with Crippen molar-refractivity contribution in [1.29, 1.82) is 0 Å². The van der Waals surface area contributed by atoms with Crippen LogP contribution in [0.4, 0.5) is 5.95 Å². The summed E-state index contributed by atoms with van der Waals surface area (Å²) in [6.07, 6.45) is 2.98. The molecule has 0 spiro atoms. The minimum atomic E-state index is -0.00481. The van der Waals surface area contributed by atoms with E-state index in [4.69, 9.17) is 14.2 Å². The van der Waals surface area contributed by atoms with E-state index in [0.29, 0.717) is 30.6 Å². The van der Waals surface area contributed by atoms with Gasteiger partial charge < -0.3 is 29.2 Å². The monoisotopic (exact) mass is 439 g/mol. The van der Waals surface area contributed by atoms with Crippen LogP contribution in [-0.2, 0) is 13.1 Å². The van der Waals surface area contributed by atoms with E-state index >= 15 is 0 Å². The molecule has 0 saturated heterocycles. The summed E-state index contributed by atoms with van der Waals surface area (Å²) in [6.45, 7) is 8.41. The van der Waals surface area contributed by atoms with E-state index in [-0.39, 0.29) is 5.75 Å². The van der Waals surface area contributed by atoms with E-state index in [0.717, 1.165) is 41.5 Å². The van der Waals surface area contributed by atoms with Crippen molar-refractivity contribution in [3.8, 4) is 34.3 Å². The van der Waals surface area contributed by atoms with Gasteiger partial charge in [-0.3, -0.25) is 0 Å². The van der Waals surface area contributed by atoms with Gasteiger partial charge in [-0.2, -0.15) is 0 Å². The van der Waals surface area contributed by atoms with Crippen LogP contribution in [0, 0.1) is 5.92 Å². The summed E-state index contributed by atoms with van der Waals surface area (Å²) >= 11 is 0. The predicted molar refractivity (Wildman–Crippen MR) is 127 cm³/mol. The number of benzene rings is 2. The minimum absolute atomic E-state index is 0.00481. The number of aromatic nitrogens is 2. The molecule has 0 aliphatic heterocycles. The maximum atomic E-state index is 10.2. The number of rotatable bonds is 11. The van der Waals surface area contributed by atoms with E-state index in [1.807, 2.05) is 25.3 Å². The van der Waals surface area contributed by atoms with Crippen LogP contribution in [0.1, 0.15) is 32.8 Å². The molecule has 0 fully saturated rings. The van der Waals surface area contributed by atoms with Crippen LogP contribution in [0.15, 0.2) is 42.6 Å². The van der Waals surface area contributed by atoms with Crippen LogP contribution in [0.5, 0.6) is 23.0 Å². The molecule has 2 N–H and O–H groups in total. The quantitative estimate of drug-likeness (QED) is 0.420. The first-order chi connectivity index (χ1) is 15.5. The van der Waals surface area contributed by atoms with Crippen LogP contribution in [0.2, 0.25) is 0 Å². The largest absolute Gasteiger partial charge is 0.502 e. The van der Waals surface area contributed by atoms with Crippen LogP contribution in [0.25, 0.3) is 11.3 Å². The second-order valence-corrected chi connectivity index (χ2v) is 7.75. The Hall–Kier alpha value is -3.35. The van der Waals surface area contributed by atoms with Gasteiger partial charge in [0, 0.05) is 18.7 Å². The van der Waals surface area contributed by atoms with Crippen molar-refractivity contribution in [3.05, 3.63) is 48.2 Å². The Morgan fingerprint density at radius 3 is 2.28 bits per heavy atom. The normalized spacial score (nSPS) is 11.8. The van der Waals surface area contributed by atoms with Crippen LogP contribution < -0.4 is 19.5 Å². The molecule has 2 aromatic carbocycles. The number of imidazole rings is 1. The van der Waals surface area contributed by atoms with Gasteiger partial charge in [-0.1, -0.05) is 20.3 Å². The van der Waals surface area contributed by atoms with Crippen LogP contribution in [-0.4, -0.2) is 35.5 Å². The molecule has 7 nitrogen and oxygen atoms in total. The number of hydrogen-bond donors (Lipinski definition) is 2. The summed E-state index contributed by atoms with van der Waals surface area (Å²) in [7, 11) is 3.04. The van der Waals surface area contributed by atoms with E-state index < -0.39 is 0 Å². The fourth-order valence-electron chi connectivity index (χ4n) is 3.49. The molecule has 32 heavy (non-hydrogen) atoms. The van der Waals surface area contributed by atoms with Crippen molar-refractivity contribution < 1.29 is 19.3 Å². The average Bonchev–Trinajstić information content (AvgIpc) is 3.21. The molecule has 7 heteroatoms. The Balaban J connectivity index is 1.88. The van der Waals surface area contributed by atoms with E-state index in [1.165, 1.54) is 14.2 Å². The zero-order chi connectivity index (χ0) is 23.1. The minimum Gasteiger partial charge on any atom is -0.502 e. The number of phenols is 1. The maximum Gasteiger partial charge on any atom is 0.203 e. The number of aromatic hydroxyl groups is 1. The van der Waals surface area contributed by atoms with Crippen molar-refractivity contribution in [2.45, 2.75) is 40.3 Å². The van der Waals surface area contributed by atoms with Crippen molar-refractivity contribution in [2.75, 3.05) is 26.1 Å². The molecule has 172 valence electrons. The first kappa shape index (κ1) is 23.3. The lowest BCUT2D eigenvalue weighted by Gasteiger charge is -2.17. The average molecular weight is 440 g/mol. The van der Waals surface area contributed by atoms with Gasteiger partial charge in [-0.15, -0.1) is 0 Å². The maximum absolute atomic E-state index is 10.2. The number of nitrogens with one attached hydrogen (secondary N) is 1. The molecule has 3 rings (SSSR count). The standard InChI is InChI=1S/C25H33N3O4/c1-6-17(3)16-28-21(19-8-10-20(11-9-19)32-7-2)15-27-25(28)26-14-18-12-22(30-4)24(29)23(13-18)31-5/h8-13,15,17,29H,6-7,14,16H2,1-5H3,(H,26,27). The highest BCUT2D eigenvalue weighted by atomic mass is 16.5. The molecule has 0 radical (unpaired) electrons. The first-order valence-corrected chi connectivity index (χ1v) is 11.0. The van der Waals surface area contributed by atoms with Gasteiger partial charge in [0.2, 0.25) is 11.7 Å². The lowest BCUT2D eigenvalue weighted by molar-refractivity contribution is 0.339. The highest BCUT2D eigenvalue weighted by molar-refractivity contribution is 5.63. The SMILES string of the molecule is CCOc1ccc(-c2cnc(NCc3cc(OC)c(O)c(OC)c3)n2CC(C)CC)cc1. The van der Waals surface area contributed by atoms with Crippen molar-refractivity contribution in [3.63, 3.8) is 0 Å². The Kier molecular flexibility index (Phi) is 7.87. The van der Waals surface area contributed by atoms with Gasteiger partial charge in [-0.05, 0) is 54.8 Å². The molecule has 0 aliphatic rings. The Morgan fingerprint density at radius 2 is 1.72 bits per heavy atom. The molecule has 0 bridgehead atoms. The van der Waals surface area contributed by atoms with Crippen LogP contribution >= 0.6 is 0 Å². The van der Waals surface area contributed by atoms with E-state index in [2.05, 4.69) is 40.8 Å². The Bertz CT molecular complexity index is 990. The number of phenolic OH excluding ortho intramolecular Hbond substituents is 1. The summed E-state index contributed by atoms with van der Waals surface area (Å²) in [5, 5.41) is 13.6. The lowest BCUT2D eigenvalue weighted by Crippen LogP contribution is -2.13. The third-order valence-electron chi connectivity index (χ3n) is 5.50. The third-order valence-corrected chi connectivity index (χ3v) is 5.50. The molecule has 1 atom stereocenters. The zero-order valence-corrected chi connectivity index (χ0v) is 19.5. The van der Waals surface area contributed by atoms with E-state index in [1.54, 1.807) is 12.1 Å². The number of anilines is 1. The van der Waals surface area contributed by atoms with Gasteiger partial charge in [0.15, 0.2) is 11.5 Å². The molecular weight excluding hydrogens is 406 g/mol.